The van der Waals surface area contributed by atoms with Gasteiger partial charge < -0.3 is 4.74 Å². The number of alkyl halides is 3. The fourth-order valence-corrected chi connectivity index (χ4v) is 2.90. The molecule has 0 saturated heterocycles. The molecule has 3 rings (SSSR count). The van der Waals surface area contributed by atoms with Crippen molar-refractivity contribution in [2.75, 3.05) is 0 Å². The van der Waals surface area contributed by atoms with Crippen molar-refractivity contribution in [1.82, 2.24) is 0 Å². The normalized spacial score (nSPS) is 16.8. The van der Waals surface area contributed by atoms with Crippen molar-refractivity contribution >= 4 is 29.3 Å². The maximum atomic E-state index is 12.8. The molecule has 0 aromatic heterocycles. The van der Waals surface area contributed by atoms with Gasteiger partial charge in [-0.05, 0) is 35.8 Å². The van der Waals surface area contributed by atoms with Gasteiger partial charge in [0.25, 0.3) is 0 Å². The number of benzene rings is 2. The third-order valence-electron chi connectivity index (χ3n) is 3.53. The zero-order chi connectivity index (χ0) is 16.6. The molecular weight excluding hydrogens is 348 g/mol. The number of rotatable bonds is 2. The monoisotopic (exact) mass is 358 g/mol. The van der Waals surface area contributed by atoms with Crippen LogP contribution in [0.4, 0.5) is 13.2 Å². The summed E-state index contributed by atoms with van der Waals surface area (Å²) in [7, 11) is 0. The van der Waals surface area contributed by atoms with Gasteiger partial charge in [0.15, 0.2) is 0 Å². The first-order chi connectivity index (χ1) is 10.9. The van der Waals surface area contributed by atoms with E-state index in [2.05, 4.69) is 0 Å². The van der Waals surface area contributed by atoms with Crippen LogP contribution in [0.25, 0.3) is 6.08 Å². The molecule has 1 aliphatic rings. The molecule has 2 aromatic carbocycles. The summed E-state index contributed by atoms with van der Waals surface area (Å²) in [6.45, 7) is 0. The predicted molar refractivity (Wildman–Crippen MR) is 85.2 cm³/mol. The molecule has 23 heavy (non-hydrogen) atoms. The molecule has 0 fully saturated rings. The first kappa shape index (κ1) is 16.2. The quantitative estimate of drug-likeness (QED) is 0.647. The maximum absolute atomic E-state index is 12.8. The molecule has 6 heteroatoms. The molecule has 0 spiro atoms. The maximum Gasteiger partial charge on any atom is 0.429 e. The highest BCUT2D eigenvalue weighted by Crippen LogP contribution is 2.42. The highest BCUT2D eigenvalue weighted by Gasteiger charge is 2.41. The summed E-state index contributed by atoms with van der Waals surface area (Å²) < 4.78 is 43.5. The molecule has 0 amide bonds. The van der Waals surface area contributed by atoms with Crippen LogP contribution >= 0.6 is 23.2 Å². The van der Waals surface area contributed by atoms with Gasteiger partial charge in [0.2, 0.25) is 6.10 Å². The topological polar surface area (TPSA) is 9.23 Å². The molecule has 120 valence electrons. The van der Waals surface area contributed by atoms with Crippen LogP contribution in [0.2, 0.25) is 10.0 Å². The van der Waals surface area contributed by atoms with Gasteiger partial charge in [0.1, 0.15) is 5.75 Å². The Hall–Kier alpha value is -1.65. The second-order valence-electron chi connectivity index (χ2n) is 5.18. The molecule has 1 nitrogen and oxygen atoms in total. The Bertz CT molecular complexity index is 755. The van der Waals surface area contributed by atoms with Crippen molar-refractivity contribution in [2.45, 2.75) is 18.7 Å². The van der Waals surface area contributed by atoms with Crippen molar-refractivity contribution in [2.24, 2.45) is 0 Å². The van der Waals surface area contributed by atoms with Gasteiger partial charge in [0, 0.05) is 5.56 Å². The average Bonchev–Trinajstić information content (AvgIpc) is 2.52. The fourth-order valence-electron chi connectivity index (χ4n) is 2.40. The molecule has 0 aliphatic carbocycles. The van der Waals surface area contributed by atoms with Crippen LogP contribution in [0.3, 0.4) is 0 Å². The zero-order valence-corrected chi connectivity index (χ0v) is 13.2. The Labute approximate surface area is 141 Å². The highest BCUT2D eigenvalue weighted by atomic mass is 35.5. The van der Waals surface area contributed by atoms with Crippen molar-refractivity contribution < 1.29 is 17.9 Å². The van der Waals surface area contributed by atoms with Gasteiger partial charge in [-0.3, -0.25) is 0 Å². The Kier molecular flexibility index (Phi) is 4.30. The first-order valence-electron chi connectivity index (χ1n) is 6.82. The Balaban J connectivity index is 1.99. The van der Waals surface area contributed by atoms with Crippen molar-refractivity contribution in [1.29, 1.82) is 0 Å². The summed E-state index contributed by atoms with van der Waals surface area (Å²) in [5.41, 5.74) is 1.97. The van der Waals surface area contributed by atoms with E-state index in [1.165, 1.54) is 12.1 Å². The molecule has 2 aromatic rings. The number of hydrogen-bond acceptors (Lipinski definition) is 1. The van der Waals surface area contributed by atoms with Gasteiger partial charge in [0.05, 0.1) is 10.0 Å². The standard InChI is InChI=1S/C17H11Cl2F3O/c18-15-11(8-10-4-2-1-3-5-10)9-13-12(16(15)19)6-7-14(23-13)17(20,21)22/h1-7,9,14H,8H2. The summed E-state index contributed by atoms with van der Waals surface area (Å²) in [6, 6.07) is 11.0. The Morgan fingerprint density at radius 3 is 2.39 bits per heavy atom. The van der Waals surface area contributed by atoms with E-state index in [-0.39, 0.29) is 10.8 Å². The van der Waals surface area contributed by atoms with Crippen LogP contribution < -0.4 is 4.74 Å². The van der Waals surface area contributed by atoms with Crippen LogP contribution in [-0.4, -0.2) is 12.3 Å². The molecule has 0 radical (unpaired) electrons. The zero-order valence-electron chi connectivity index (χ0n) is 11.7. The Morgan fingerprint density at radius 2 is 1.74 bits per heavy atom. The summed E-state index contributed by atoms with van der Waals surface area (Å²) in [5, 5.41) is 0.528. The molecule has 1 atom stereocenters. The van der Waals surface area contributed by atoms with Crippen LogP contribution in [0, 0.1) is 0 Å². The van der Waals surface area contributed by atoms with E-state index in [0.29, 0.717) is 22.6 Å². The summed E-state index contributed by atoms with van der Waals surface area (Å²) in [5.74, 6) is 0.0927. The van der Waals surface area contributed by atoms with E-state index in [9.17, 15) is 13.2 Å². The van der Waals surface area contributed by atoms with Crippen LogP contribution in [0.5, 0.6) is 5.75 Å². The second kappa shape index (κ2) is 6.10. The lowest BCUT2D eigenvalue weighted by molar-refractivity contribution is -0.180. The minimum absolute atomic E-state index is 0.0927. The highest BCUT2D eigenvalue weighted by molar-refractivity contribution is 6.43. The lowest BCUT2D eigenvalue weighted by atomic mass is 10.0. The molecule has 0 saturated carbocycles. The molecule has 1 aliphatic heterocycles. The van der Waals surface area contributed by atoms with Gasteiger partial charge in [-0.1, -0.05) is 53.5 Å². The molecule has 1 heterocycles. The SMILES string of the molecule is FC(F)(F)C1C=Cc2c(cc(Cc3ccccc3)c(Cl)c2Cl)O1. The van der Waals surface area contributed by atoms with Crippen molar-refractivity contribution in [3.8, 4) is 5.75 Å². The smallest absolute Gasteiger partial charge is 0.429 e. The van der Waals surface area contributed by atoms with Gasteiger partial charge in [-0.2, -0.15) is 13.2 Å². The molecule has 0 bridgehead atoms. The summed E-state index contributed by atoms with van der Waals surface area (Å²) >= 11 is 12.5. The summed E-state index contributed by atoms with van der Waals surface area (Å²) in [6.07, 6.45) is -3.76. The van der Waals surface area contributed by atoms with E-state index in [1.807, 2.05) is 30.3 Å². The Morgan fingerprint density at radius 1 is 1.04 bits per heavy atom. The van der Waals surface area contributed by atoms with Crippen molar-refractivity contribution in [3.63, 3.8) is 0 Å². The number of hydrogen-bond donors (Lipinski definition) is 0. The molecule has 0 N–H and O–H groups in total. The number of halogens is 5. The van der Waals surface area contributed by atoms with Crippen LogP contribution in [-0.2, 0) is 6.42 Å². The molecular formula is C17H11Cl2F3O. The fraction of sp³-hybridized carbons (Fsp3) is 0.176. The van der Waals surface area contributed by atoms with Crippen LogP contribution in [0.1, 0.15) is 16.7 Å². The van der Waals surface area contributed by atoms with E-state index < -0.39 is 12.3 Å². The first-order valence-corrected chi connectivity index (χ1v) is 7.58. The third kappa shape index (κ3) is 3.33. The van der Waals surface area contributed by atoms with E-state index in [0.717, 1.165) is 11.6 Å². The molecule has 1 unspecified atom stereocenters. The van der Waals surface area contributed by atoms with Gasteiger partial charge in [-0.15, -0.1) is 0 Å². The number of fused-ring (bicyclic) bond motifs is 1. The largest absolute Gasteiger partial charge is 0.476 e. The van der Waals surface area contributed by atoms with E-state index in [4.69, 9.17) is 27.9 Å². The predicted octanol–water partition coefficient (Wildman–Crippen LogP) is 5.92. The second-order valence-corrected chi connectivity index (χ2v) is 5.93. The van der Waals surface area contributed by atoms with Gasteiger partial charge >= 0.3 is 6.18 Å². The minimum Gasteiger partial charge on any atom is -0.476 e. The van der Waals surface area contributed by atoms with E-state index in [1.54, 1.807) is 0 Å². The minimum atomic E-state index is -4.47. The lowest BCUT2D eigenvalue weighted by Gasteiger charge is -2.25. The van der Waals surface area contributed by atoms with E-state index >= 15 is 0 Å². The van der Waals surface area contributed by atoms with Crippen LogP contribution in [0.15, 0.2) is 42.5 Å². The average molecular weight is 359 g/mol. The number of ether oxygens (including phenoxy) is 1. The van der Waals surface area contributed by atoms with Gasteiger partial charge in [-0.25, -0.2) is 0 Å². The lowest BCUT2D eigenvalue weighted by Crippen LogP contribution is -2.34. The van der Waals surface area contributed by atoms with Crippen molar-refractivity contribution in [3.05, 3.63) is 69.2 Å². The third-order valence-corrected chi connectivity index (χ3v) is 4.45. The summed E-state index contributed by atoms with van der Waals surface area (Å²) in [4.78, 5) is 0.